The first kappa shape index (κ1) is 7.88. The lowest BCUT2D eigenvalue weighted by atomic mass is 10.4. The van der Waals surface area contributed by atoms with Gasteiger partial charge in [-0.15, -0.1) is 0 Å². The molecule has 0 spiro atoms. The Morgan fingerprint density at radius 1 is 1.50 bits per heavy atom. The Kier molecular flexibility index (Phi) is 4.95. The molecule has 1 atom stereocenters. The third kappa shape index (κ3) is 4.05. The van der Waals surface area contributed by atoms with E-state index in [0.29, 0.717) is 19.6 Å². The molecule has 50 valence electrons. The summed E-state index contributed by atoms with van der Waals surface area (Å²) in [4.78, 5) is 0. The number of hydrogen-bond acceptors (Lipinski definition) is 2. The molecular weight excluding hydrogens is 104 g/mol. The number of nitrogens with one attached hydrogen (secondary N) is 1. The van der Waals surface area contributed by atoms with Gasteiger partial charge in [-0.25, -0.2) is 0 Å². The third-order valence-electron chi connectivity index (χ3n) is 0.952. The molecule has 8 heavy (non-hydrogen) atoms. The molecule has 0 rings (SSSR count). The van der Waals surface area contributed by atoms with Gasteiger partial charge in [0.15, 0.2) is 0 Å². The second-order valence-corrected chi connectivity index (χ2v) is 1.83. The minimum Gasteiger partial charge on any atom is -0.634 e. The Morgan fingerprint density at radius 2 is 2.12 bits per heavy atom. The summed E-state index contributed by atoms with van der Waals surface area (Å²) in [5, 5.41) is 10.9. The molecule has 0 saturated heterocycles. The average molecular weight is 118 g/mol. The summed E-state index contributed by atoms with van der Waals surface area (Å²) in [7, 11) is 0. The summed E-state index contributed by atoms with van der Waals surface area (Å²) in [6.45, 7) is 3.73. The van der Waals surface area contributed by atoms with Crippen LogP contribution in [0.2, 0.25) is 0 Å². The summed E-state index contributed by atoms with van der Waals surface area (Å²) in [6, 6.07) is 0. The monoisotopic (exact) mass is 118 g/mol. The maximum absolute atomic E-state index is 10.6. The second-order valence-electron chi connectivity index (χ2n) is 1.83. The molecule has 0 aliphatic rings. The number of hydrogen-bond donors (Lipinski definition) is 2. The van der Waals surface area contributed by atoms with Gasteiger partial charge < -0.3 is 16.0 Å². The summed E-state index contributed by atoms with van der Waals surface area (Å²) >= 11 is 0. The van der Waals surface area contributed by atoms with Gasteiger partial charge in [0.2, 0.25) is 0 Å². The van der Waals surface area contributed by atoms with E-state index in [9.17, 15) is 5.21 Å². The van der Waals surface area contributed by atoms with Crippen LogP contribution in [0.4, 0.5) is 0 Å². The fourth-order valence-electron chi connectivity index (χ4n) is 0.565. The normalized spacial score (nSPS) is 13.9. The van der Waals surface area contributed by atoms with Crippen molar-refractivity contribution in [2.75, 3.05) is 19.6 Å². The Morgan fingerprint density at radius 3 is 2.50 bits per heavy atom. The van der Waals surface area contributed by atoms with Crippen LogP contribution in [0.25, 0.3) is 0 Å². The summed E-state index contributed by atoms with van der Waals surface area (Å²) in [5.74, 6) is 0. The molecule has 0 aromatic carbocycles. The highest BCUT2D eigenvalue weighted by molar-refractivity contribution is 4.29. The molecule has 1 unspecified atom stereocenters. The average Bonchev–Trinajstić information content (AvgIpc) is 1.68. The van der Waals surface area contributed by atoms with E-state index in [-0.39, 0.29) is 5.06 Å². The molecule has 0 fully saturated rings. The zero-order valence-corrected chi connectivity index (χ0v) is 5.31. The van der Waals surface area contributed by atoms with Crippen molar-refractivity contribution in [1.29, 1.82) is 0 Å². The van der Waals surface area contributed by atoms with Gasteiger partial charge in [-0.05, 0) is 6.42 Å². The quantitative estimate of drug-likeness (QED) is 0.453. The molecule has 0 bridgehead atoms. The molecule has 3 heteroatoms. The first-order chi connectivity index (χ1) is 3.81. The SMILES string of the molecule is CCC[NH+]([O-])CCN. The molecule has 0 aliphatic heterocycles. The van der Waals surface area contributed by atoms with Crippen molar-refractivity contribution in [3.63, 3.8) is 0 Å². The van der Waals surface area contributed by atoms with E-state index in [0.717, 1.165) is 6.42 Å². The summed E-state index contributed by atoms with van der Waals surface area (Å²) < 4.78 is 0. The Labute approximate surface area is 50.0 Å². The van der Waals surface area contributed by atoms with Gasteiger partial charge in [0, 0.05) is 6.54 Å². The first-order valence-corrected chi connectivity index (χ1v) is 3.03. The molecule has 3 nitrogen and oxygen atoms in total. The predicted octanol–water partition coefficient (Wildman–Crippen LogP) is -1.26. The number of hydroxylamine groups is 2. The smallest absolute Gasteiger partial charge is 0.0892 e. The van der Waals surface area contributed by atoms with E-state index in [1.165, 1.54) is 0 Å². The van der Waals surface area contributed by atoms with Crippen molar-refractivity contribution in [1.82, 2.24) is 0 Å². The van der Waals surface area contributed by atoms with Gasteiger partial charge in [0.25, 0.3) is 0 Å². The molecule has 0 radical (unpaired) electrons. The fourth-order valence-corrected chi connectivity index (χ4v) is 0.565. The highest BCUT2D eigenvalue weighted by Crippen LogP contribution is 1.60. The number of quaternary nitrogens is 1. The van der Waals surface area contributed by atoms with E-state index in [4.69, 9.17) is 5.73 Å². The van der Waals surface area contributed by atoms with E-state index in [1.54, 1.807) is 0 Å². The lowest BCUT2D eigenvalue weighted by Gasteiger charge is -2.19. The lowest BCUT2D eigenvalue weighted by molar-refractivity contribution is -0.846. The van der Waals surface area contributed by atoms with E-state index in [2.05, 4.69) is 0 Å². The lowest BCUT2D eigenvalue weighted by Crippen LogP contribution is -3.07. The van der Waals surface area contributed by atoms with Crippen LogP contribution in [0.1, 0.15) is 13.3 Å². The molecule has 0 aromatic rings. The molecular formula is C5H14N2O. The summed E-state index contributed by atoms with van der Waals surface area (Å²) in [5.41, 5.74) is 5.14. The third-order valence-corrected chi connectivity index (χ3v) is 0.952. The Balaban J connectivity index is 2.92. The first-order valence-electron chi connectivity index (χ1n) is 3.03. The standard InChI is InChI=1S/C5H14N2O/c1-2-4-7(8)5-3-6/h7H,2-6H2,1H3. The van der Waals surface area contributed by atoms with Crippen LogP contribution in [-0.2, 0) is 0 Å². The zero-order valence-electron chi connectivity index (χ0n) is 5.31. The van der Waals surface area contributed by atoms with Crippen LogP contribution in [0.5, 0.6) is 0 Å². The van der Waals surface area contributed by atoms with Gasteiger partial charge in [0.05, 0.1) is 13.1 Å². The topological polar surface area (TPSA) is 53.5 Å². The van der Waals surface area contributed by atoms with E-state index in [1.807, 2.05) is 6.92 Å². The van der Waals surface area contributed by atoms with Gasteiger partial charge >= 0.3 is 0 Å². The Bertz CT molecular complexity index is 43.7. The van der Waals surface area contributed by atoms with Crippen molar-refractivity contribution >= 4 is 0 Å². The second kappa shape index (κ2) is 5.03. The molecule has 3 N–H and O–H groups in total. The van der Waals surface area contributed by atoms with Crippen LogP contribution in [0.15, 0.2) is 0 Å². The van der Waals surface area contributed by atoms with Crippen molar-refractivity contribution in [2.24, 2.45) is 5.73 Å². The van der Waals surface area contributed by atoms with Crippen molar-refractivity contribution in [3.8, 4) is 0 Å². The van der Waals surface area contributed by atoms with E-state index < -0.39 is 0 Å². The van der Waals surface area contributed by atoms with Crippen LogP contribution in [-0.4, -0.2) is 19.6 Å². The van der Waals surface area contributed by atoms with Crippen LogP contribution < -0.4 is 10.8 Å². The van der Waals surface area contributed by atoms with Crippen molar-refractivity contribution in [2.45, 2.75) is 13.3 Å². The largest absolute Gasteiger partial charge is 0.634 e. The van der Waals surface area contributed by atoms with Gasteiger partial charge in [0.1, 0.15) is 0 Å². The van der Waals surface area contributed by atoms with Crippen molar-refractivity contribution < 1.29 is 5.06 Å². The molecule has 0 heterocycles. The molecule has 0 aromatic heterocycles. The van der Waals surface area contributed by atoms with Gasteiger partial charge in [-0.3, -0.25) is 0 Å². The highest BCUT2D eigenvalue weighted by Gasteiger charge is 1.89. The fraction of sp³-hybridized carbons (Fsp3) is 1.00. The van der Waals surface area contributed by atoms with Crippen LogP contribution >= 0.6 is 0 Å². The van der Waals surface area contributed by atoms with Gasteiger partial charge in [-0.1, -0.05) is 6.92 Å². The van der Waals surface area contributed by atoms with Crippen molar-refractivity contribution in [3.05, 3.63) is 5.21 Å². The minimum atomic E-state index is 0.287. The molecule has 0 aliphatic carbocycles. The van der Waals surface area contributed by atoms with E-state index >= 15 is 0 Å². The predicted molar refractivity (Wildman–Crippen MR) is 33.4 cm³/mol. The zero-order chi connectivity index (χ0) is 6.41. The maximum Gasteiger partial charge on any atom is 0.0892 e. The number of rotatable bonds is 4. The van der Waals surface area contributed by atoms with Crippen LogP contribution in [0, 0.1) is 5.21 Å². The number of nitrogens with two attached hydrogens (primary N) is 1. The van der Waals surface area contributed by atoms with Crippen LogP contribution in [0.3, 0.4) is 0 Å². The Hall–Kier alpha value is -0.120. The molecule has 0 amide bonds. The summed E-state index contributed by atoms with van der Waals surface area (Å²) in [6.07, 6.45) is 0.943. The molecule has 0 saturated carbocycles. The minimum absolute atomic E-state index is 0.287. The maximum atomic E-state index is 10.6. The van der Waals surface area contributed by atoms with Gasteiger partial charge in [-0.2, -0.15) is 0 Å². The highest BCUT2D eigenvalue weighted by atomic mass is 16.5.